The van der Waals surface area contributed by atoms with Crippen LogP contribution in [-0.2, 0) is 12.0 Å². The van der Waals surface area contributed by atoms with Crippen molar-refractivity contribution in [2.45, 2.75) is 66.0 Å². The highest BCUT2D eigenvalue weighted by molar-refractivity contribution is 5.19. The van der Waals surface area contributed by atoms with Gasteiger partial charge in [0.1, 0.15) is 0 Å². The van der Waals surface area contributed by atoms with Crippen molar-refractivity contribution < 1.29 is 5.11 Å². The number of hydrogen-bond donors (Lipinski definition) is 1. The molecule has 1 saturated heterocycles. The topological polar surface area (TPSA) is 39.6 Å². The van der Waals surface area contributed by atoms with Gasteiger partial charge in [-0.2, -0.15) is 0 Å². The molecule has 1 aliphatic rings. The Balaban J connectivity index is 0.00000139. The lowest BCUT2D eigenvalue weighted by Crippen LogP contribution is -2.59. The van der Waals surface area contributed by atoms with Crippen molar-refractivity contribution in [2.24, 2.45) is 0 Å². The summed E-state index contributed by atoms with van der Waals surface area (Å²) < 4.78 is 0. The van der Waals surface area contributed by atoms with Crippen LogP contribution in [0, 0.1) is 0 Å². The fraction of sp³-hybridized carbons (Fsp3) is 0.750. The molecule has 0 atom stereocenters. The van der Waals surface area contributed by atoms with Gasteiger partial charge in [-0.25, -0.2) is 0 Å². The lowest BCUT2D eigenvalue weighted by Gasteiger charge is -2.47. The largest absolute Gasteiger partial charge is 0.395 e. The van der Waals surface area contributed by atoms with Crippen molar-refractivity contribution >= 4 is 0 Å². The summed E-state index contributed by atoms with van der Waals surface area (Å²) in [5, 5.41) is 9.18. The Kier molecular flexibility index (Phi) is 7.84. The van der Waals surface area contributed by atoms with Gasteiger partial charge in [-0.3, -0.25) is 14.8 Å². The number of pyridine rings is 1. The van der Waals surface area contributed by atoms with E-state index in [1.54, 1.807) is 0 Å². The van der Waals surface area contributed by atoms with Gasteiger partial charge in [0.15, 0.2) is 0 Å². The van der Waals surface area contributed by atoms with Crippen molar-refractivity contribution in [1.29, 1.82) is 0 Å². The zero-order valence-corrected chi connectivity index (χ0v) is 16.8. The Morgan fingerprint density at radius 2 is 1.83 bits per heavy atom. The third-order valence-electron chi connectivity index (χ3n) is 4.52. The van der Waals surface area contributed by atoms with Gasteiger partial charge < -0.3 is 5.11 Å². The molecule has 0 aliphatic carbocycles. The second-order valence-electron chi connectivity index (χ2n) is 8.04. The molecule has 2 rings (SSSR count). The van der Waals surface area contributed by atoms with Crippen LogP contribution in [0.5, 0.6) is 0 Å². The number of piperazine rings is 1. The van der Waals surface area contributed by atoms with E-state index in [2.05, 4.69) is 61.5 Å². The van der Waals surface area contributed by atoms with Crippen LogP contribution < -0.4 is 0 Å². The first-order chi connectivity index (χ1) is 11.2. The third-order valence-corrected chi connectivity index (χ3v) is 4.52. The normalized spacial score (nSPS) is 18.8. The van der Waals surface area contributed by atoms with E-state index in [1.807, 2.05) is 20.0 Å². The Bertz CT molecular complexity index is 477. The van der Waals surface area contributed by atoms with Gasteiger partial charge in [0.2, 0.25) is 0 Å². The van der Waals surface area contributed by atoms with E-state index in [0.29, 0.717) is 0 Å². The Hall–Kier alpha value is -0.970. The molecule has 1 aliphatic heterocycles. The maximum Gasteiger partial charge on any atom is 0.0558 e. The first-order valence-corrected chi connectivity index (χ1v) is 9.26. The molecule has 1 N–H and O–H groups in total. The predicted molar refractivity (Wildman–Crippen MR) is 102 cm³/mol. The minimum atomic E-state index is 0.108. The average Bonchev–Trinajstić information content (AvgIpc) is 2.51. The Morgan fingerprint density at radius 3 is 2.29 bits per heavy atom. The predicted octanol–water partition coefficient (Wildman–Crippen LogP) is 3.29. The molecule has 0 radical (unpaired) electrons. The third kappa shape index (κ3) is 5.83. The van der Waals surface area contributed by atoms with Crippen LogP contribution >= 0.6 is 0 Å². The summed E-state index contributed by atoms with van der Waals surface area (Å²) in [4.78, 5) is 9.49. The highest BCUT2D eigenvalue weighted by Gasteiger charge is 2.33. The van der Waals surface area contributed by atoms with Gasteiger partial charge in [-0.1, -0.05) is 40.7 Å². The summed E-state index contributed by atoms with van der Waals surface area (Å²) in [6.45, 7) is 20.1. The molecule has 2 heterocycles. The number of hydrogen-bond acceptors (Lipinski definition) is 4. The lowest BCUT2D eigenvalue weighted by molar-refractivity contribution is 0.00634. The maximum atomic E-state index is 9.18. The van der Waals surface area contributed by atoms with E-state index in [-0.39, 0.29) is 17.6 Å². The van der Waals surface area contributed by atoms with E-state index in [1.165, 1.54) is 5.56 Å². The zero-order chi connectivity index (χ0) is 18.4. The first kappa shape index (κ1) is 21.1. The molecule has 0 amide bonds. The van der Waals surface area contributed by atoms with E-state index >= 15 is 0 Å². The zero-order valence-electron chi connectivity index (χ0n) is 16.8. The lowest BCUT2D eigenvalue weighted by atomic mass is 9.91. The summed E-state index contributed by atoms with van der Waals surface area (Å²) in [6.07, 6.45) is 2.02. The molecule has 24 heavy (non-hydrogen) atoms. The van der Waals surface area contributed by atoms with E-state index in [9.17, 15) is 5.11 Å². The van der Waals surface area contributed by atoms with Crippen LogP contribution in [0.25, 0.3) is 0 Å². The molecular weight excluding hydrogens is 298 g/mol. The fourth-order valence-electron chi connectivity index (χ4n) is 3.18. The van der Waals surface area contributed by atoms with Gasteiger partial charge >= 0.3 is 0 Å². The highest BCUT2D eigenvalue weighted by atomic mass is 16.3. The number of aromatic nitrogens is 1. The summed E-state index contributed by atoms with van der Waals surface area (Å²) in [5.41, 5.74) is 2.64. The first-order valence-electron chi connectivity index (χ1n) is 9.26. The number of nitrogens with zero attached hydrogens (tertiary/aromatic N) is 3. The maximum absolute atomic E-state index is 9.18. The van der Waals surface area contributed by atoms with Crippen molar-refractivity contribution in [3.8, 4) is 0 Å². The summed E-state index contributed by atoms with van der Waals surface area (Å²) in [5.74, 6) is 0. The van der Waals surface area contributed by atoms with Crippen LogP contribution in [0.15, 0.2) is 18.3 Å². The molecule has 0 unspecified atom stereocenters. The second kappa shape index (κ2) is 8.93. The number of aliphatic hydroxyl groups excluding tert-OH is 1. The number of rotatable bonds is 4. The quantitative estimate of drug-likeness (QED) is 0.916. The van der Waals surface area contributed by atoms with Gasteiger partial charge in [0, 0.05) is 55.6 Å². The summed E-state index contributed by atoms with van der Waals surface area (Å²) in [6, 6.07) is 4.36. The molecular formula is C20H37N3O. The molecule has 0 aromatic carbocycles. The minimum absolute atomic E-state index is 0.108. The molecule has 138 valence electrons. The molecule has 4 nitrogen and oxygen atoms in total. The van der Waals surface area contributed by atoms with Crippen LogP contribution in [-0.4, -0.2) is 58.2 Å². The van der Waals surface area contributed by atoms with Crippen LogP contribution in [0.3, 0.4) is 0 Å². The number of β-amino-alcohol motifs (C(OH)–C–C–N with tert-alkyl or cyclic N) is 1. The Morgan fingerprint density at radius 1 is 1.17 bits per heavy atom. The van der Waals surface area contributed by atoms with Crippen molar-refractivity contribution in [3.63, 3.8) is 0 Å². The van der Waals surface area contributed by atoms with E-state index in [4.69, 9.17) is 0 Å². The van der Waals surface area contributed by atoms with Crippen molar-refractivity contribution in [3.05, 3.63) is 29.6 Å². The van der Waals surface area contributed by atoms with Gasteiger partial charge in [0.05, 0.1) is 6.61 Å². The molecule has 0 spiro atoms. The second-order valence-corrected chi connectivity index (χ2v) is 8.04. The standard InChI is InChI=1S/C18H31N3O.C2H6/c1-17(2,3)16-7-6-15(12-19-16)13-20-8-9-21(10-11-22)18(4,5)14-20;1-2/h6-7,12,22H,8-11,13-14H2,1-5H3;1-2H3. The Labute approximate surface area is 148 Å². The molecule has 1 aromatic rings. The van der Waals surface area contributed by atoms with Gasteiger partial charge in [0.25, 0.3) is 0 Å². The average molecular weight is 336 g/mol. The van der Waals surface area contributed by atoms with Crippen LogP contribution in [0.1, 0.15) is 59.7 Å². The van der Waals surface area contributed by atoms with Crippen LogP contribution in [0.2, 0.25) is 0 Å². The van der Waals surface area contributed by atoms with E-state index < -0.39 is 0 Å². The molecule has 4 heteroatoms. The summed E-state index contributed by atoms with van der Waals surface area (Å²) in [7, 11) is 0. The van der Waals surface area contributed by atoms with Crippen LogP contribution in [0.4, 0.5) is 0 Å². The SMILES string of the molecule is CC.CC(C)(C)c1ccc(CN2CCN(CCO)C(C)(C)C2)cn1. The smallest absolute Gasteiger partial charge is 0.0558 e. The minimum Gasteiger partial charge on any atom is -0.395 e. The molecule has 0 saturated carbocycles. The number of aliphatic hydroxyl groups is 1. The van der Waals surface area contributed by atoms with Gasteiger partial charge in [-0.15, -0.1) is 0 Å². The van der Waals surface area contributed by atoms with Crippen molar-refractivity contribution in [1.82, 2.24) is 14.8 Å². The van der Waals surface area contributed by atoms with E-state index in [0.717, 1.165) is 38.4 Å². The fourth-order valence-corrected chi connectivity index (χ4v) is 3.18. The summed E-state index contributed by atoms with van der Waals surface area (Å²) >= 11 is 0. The van der Waals surface area contributed by atoms with Crippen molar-refractivity contribution in [2.75, 3.05) is 32.8 Å². The molecule has 0 bridgehead atoms. The molecule has 1 fully saturated rings. The molecule has 1 aromatic heterocycles. The monoisotopic (exact) mass is 335 g/mol. The highest BCUT2D eigenvalue weighted by Crippen LogP contribution is 2.23. The van der Waals surface area contributed by atoms with Gasteiger partial charge in [-0.05, 0) is 25.5 Å².